The molecule has 0 saturated carbocycles. The van der Waals surface area contributed by atoms with Gasteiger partial charge in [-0.25, -0.2) is 0 Å². The summed E-state index contributed by atoms with van der Waals surface area (Å²) in [5, 5.41) is 1.06. The predicted molar refractivity (Wildman–Crippen MR) is 157 cm³/mol. The van der Waals surface area contributed by atoms with Crippen LogP contribution in [-0.2, 0) is 6.54 Å². The summed E-state index contributed by atoms with van der Waals surface area (Å²) in [7, 11) is 0. The Balaban J connectivity index is 1.60. The van der Waals surface area contributed by atoms with E-state index in [1.54, 1.807) is 11.8 Å². The third kappa shape index (κ3) is 6.27. The van der Waals surface area contributed by atoms with E-state index in [1.807, 2.05) is 36.4 Å². The number of rotatable bonds is 8. The first-order chi connectivity index (χ1) is 18.1. The Bertz CT molecular complexity index is 1500. The maximum absolute atomic E-state index is 13.1. The lowest BCUT2D eigenvalue weighted by Gasteiger charge is -2.13. The van der Waals surface area contributed by atoms with E-state index in [0.717, 1.165) is 37.4 Å². The Hall–Kier alpha value is -3.47. The summed E-state index contributed by atoms with van der Waals surface area (Å²) in [5.41, 5.74) is 7.76. The standard InChI is InChI=1S/C33H27BrNOS/c1-24-12-14-25(15-13-24)22-35-31(27-10-6-3-7-11-27)20-29(26-8-4-2-5-9-26)21-33(35)37-23-32(36)28-16-18-30(34)19-17-28/h2-21H,22-23H2,1H3/q+1. The summed E-state index contributed by atoms with van der Waals surface area (Å²) in [6.45, 7) is 2.82. The fourth-order valence-electron chi connectivity index (χ4n) is 4.26. The highest BCUT2D eigenvalue weighted by Crippen LogP contribution is 2.29. The molecule has 0 aliphatic rings. The van der Waals surface area contributed by atoms with Crippen LogP contribution < -0.4 is 4.57 Å². The van der Waals surface area contributed by atoms with Gasteiger partial charge in [0.1, 0.15) is 0 Å². The predicted octanol–water partition coefficient (Wildman–Crippen LogP) is 8.40. The van der Waals surface area contributed by atoms with E-state index < -0.39 is 0 Å². The second-order valence-electron chi connectivity index (χ2n) is 8.99. The monoisotopic (exact) mass is 564 g/mol. The van der Waals surface area contributed by atoms with Gasteiger partial charge in [-0.1, -0.05) is 106 Å². The maximum atomic E-state index is 13.1. The molecule has 1 heterocycles. The van der Waals surface area contributed by atoms with Crippen LogP contribution in [0.25, 0.3) is 22.4 Å². The number of halogens is 1. The summed E-state index contributed by atoms with van der Waals surface area (Å²) in [6, 6.07) is 41.7. The highest BCUT2D eigenvalue weighted by Gasteiger charge is 2.23. The minimum absolute atomic E-state index is 0.116. The number of carbonyl (C=O) groups is 1. The number of aryl methyl sites for hydroxylation is 1. The van der Waals surface area contributed by atoms with Gasteiger partial charge in [0, 0.05) is 33.3 Å². The van der Waals surface area contributed by atoms with Crippen molar-refractivity contribution in [2.24, 2.45) is 0 Å². The van der Waals surface area contributed by atoms with E-state index in [0.29, 0.717) is 12.3 Å². The van der Waals surface area contributed by atoms with Crippen molar-refractivity contribution >= 4 is 33.5 Å². The van der Waals surface area contributed by atoms with Crippen molar-refractivity contribution < 1.29 is 9.36 Å². The lowest BCUT2D eigenvalue weighted by molar-refractivity contribution is -0.714. The number of nitrogens with zero attached hydrogens (tertiary/aromatic N) is 1. The fraction of sp³-hybridized carbons (Fsp3) is 0.0909. The lowest BCUT2D eigenvalue weighted by atomic mass is 10.0. The number of aromatic nitrogens is 1. The van der Waals surface area contributed by atoms with E-state index >= 15 is 0 Å². The number of thioether (sulfide) groups is 1. The molecule has 5 aromatic rings. The first-order valence-corrected chi connectivity index (χ1v) is 14.0. The first kappa shape index (κ1) is 25.2. The Morgan fingerprint density at radius 1 is 0.730 bits per heavy atom. The van der Waals surface area contributed by atoms with Gasteiger partial charge in [0.15, 0.2) is 12.3 Å². The van der Waals surface area contributed by atoms with Gasteiger partial charge >= 0.3 is 0 Å². The molecule has 0 amide bonds. The zero-order valence-electron chi connectivity index (χ0n) is 20.6. The van der Waals surface area contributed by atoms with E-state index in [4.69, 9.17) is 0 Å². The minimum Gasteiger partial charge on any atom is -0.293 e. The molecule has 0 spiro atoms. The third-order valence-corrected chi connectivity index (χ3v) is 7.85. The summed E-state index contributed by atoms with van der Waals surface area (Å²) in [6.07, 6.45) is 0. The SMILES string of the molecule is Cc1ccc(C[n+]2c(SCC(=O)c3ccc(Br)cc3)cc(-c3ccccc3)cc2-c2ccccc2)cc1. The van der Waals surface area contributed by atoms with Gasteiger partial charge in [-0.3, -0.25) is 4.79 Å². The molecule has 0 aliphatic carbocycles. The molecule has 37 heavy (non-hydrogen) atoms. The van der Waals surface area contributed by atoms with Crippen LogP contribution in [-0.4, -0.2) is 11.5 Å². The topological polar surface area (TPSA) is 20.9 Å². The number of benzene rings is 4. The van der Waals surface area contributed by atoms with Gasteiger partial charge in [0.2, 0.25) is 10.7 Å². The molecule has 0 unspecified atom stereocenters. The molecule has 0 atom stereocenters. The molecule has 0 saturated heterocycles. The highest BCUT2D eigenvalue weighted by atomic mass is 79.9. The van der Waals surface area contributed by atoms with E-state index in [2.05, 4.69) is 112 Å². The zero-order valence-corrected chi connectivity index (χ0v) is 23.0. The minimum atomic E-state index is 0.116. The van der Waals surface area contributed by atoms with Crippen LogP contribution in [0.1, 0.15) is 21.5 Å². The van der Waals surface area contributed by atoms with Crippen molar-refractivity contribution in [3.8, 4) is 22.4 Å². The molecule has 1 aromatic heterocycles. The Kier molecular flexibility index (Phi) is 7.98. The maximum Gasteiger partial charge on any atom is 0.241 e. The summed E-state index contributed by atoms with van der Waals surface area (Å²) in [5.74, 6) is 0.480. The fourth-order valence-corrected chi connectivity index (χ4v) is 5.50. The van der Waals surface area contributed by atoms with Gasteiger partial charge in [0.05, 0.1) is 5.75 Å². The molecule has 0 bridgehead atoms. The number of carbonyl (C=O) groups excluding carboxylic acids is 1. The van der Waals surface area contributed by atoms with Crippen molar-refractivity contribution in [3.05, 3.63) is 142 Å². The molecule has 4 aromatic carbocycles. The molecule has 4 heteroatoms. The van der Waals surface area contributed by atoms with Crippen LogP contribution in [0.15, 0.2) is 131 Å². The van der Waals surface area contributed by atoms with Crippen LogP contribution in [0.4, 0.5) is 0 Å². The highest BCUT2D eigenvalue weighted by molar-refractivity contribution is 9.10. The van der Waals surface area contributed by atoms with Crippen molar-refractivity contribution in [1.82, 2.24) is 0 Å². The molecule has 0 radical (unpaired) electrons. The van der Waals surface area contributed by atoms with Crippen molar-refractivity contribution in [2.45, 2.75) is 18.5 Å². The van der Waals surface area contributed by atoms with Crippen LogP contribution in [0.5, 0.6) is 0 Å². The van der Waals surface area contributed by atoms with Gasteiger partial charge < -0.3 is 0 Å². The Morgan fingerprint density at radius 2 is 1.35 bits per heavy atom. The Morgan fingerprint density at radius 3 is 2.00 bits per heavy atom. The lowest BCUT2D eigenvalue weighted by Crippen LogP contribution is -2.39. The van der Waals surface area contributed by atoms with Gasteiger partial charge in [-0.05, 0) is 54.1 Å². The molecule has 0 fully saturated rings. The van der Waals surface area contributed by atoms with Crippen LogP contribution in [0.3, 0.4) is 0 Å². The summed E-state index contributed by atoms with van der Waals surface area (Å²) in [4.78, 5) is 13.1. The summed E-state index contributed by atoms with van der Waals surface area (Å²) >= 11 is 5.05. The second-order valence-corrected chi connectivity index (χ2v) is 10.9. The molecule has 182 valence electrons. The van der Waals surface area contributed by atoms with Crippen molar-refractivity contribution in [3.63, 3.8) is 0 Å². The molecule has 0 N–H and O–H groups in total. The van der Waals surface area contributed by atoms with Crippen LogP contribution in [0.2, 0.25) is 0 Å². The first-order valence-electron chi connectivity index (χ1n) is 12.2. The van der Waals surface area contributed by atoms with Crippen molar-refractivity contribution in [1.29, 1.82) is 0 Å². The Labute approximate surface area is 231 Å². The van der Waals surface area contributed by atoms with Crippen molar-refractivity contribution in [2.75, 3.05) is 5.75 Å². The largest absolute Gasteiger partial charge is 0.293 e. The molecule has 5 rings (SSSR count). The average Bonchev–Trinajstić information content (AvgIpc) is 2.94. The quantitative estimate of drug-likeness (QED) is 0.107. The number of hydrogen-bond donors (Lipinski definition) is 0. The zero-order chi connectivity index (χ0) is 25.6. The molecule has 2 nitrogen and oxygen atoms in total. The van der Waals surface area contributed by atoms with Gasteiger partial charge in [0.25, 0.3) is 0 Å². The molecular weight excluding hydrogens is 538 g/mol. The second kappa shape index (κ2) is 11.7. The molecular formula is C33H27BrNOS+. The number of Topliss-reactive ketones (excluding diaryl/α,β-unsaturated/α-hetero) is 1. The number of ketones is 1. The van der Waals surface area contributed by atoms with E-state index in [-0.39, 0.29) is 5.78 Å². The van der Waals surface area contributed by atoms with Gasteiger partial charge in [-0.15, -0.1) is 0 Å². The number of hydrogen-bond acceptors (Lipinski definition) is 2. The molecule has 0 aliphatic heterocycles. The van der Waals surface area contributed by atoms with Crippen LogP contribution in [0, 0.1) is 6.92 Å². The smallest absolute Gasteiger partial charge is 0.241 e. The normalized spacial score (nSPS) is 10.9. The van der Waals surface area contributed by atoms with Crippen LogP contribution >= 0.6 is 27.7 Å². The van der Waals surface area contributed by atoms with E-state index in [1.165, 1.54) is 11.1 Å². The average molecular weight is 566 g/mol. The van der Waals surface area contributed by atoms with Gasteiger partial charge in [-0.2, -0.15) is 4.57 Å². The summed E-state index contributed by atoms with van der Waals surface area (Å²) < 4.78 is 3.31. The third-order valence-electron chi connectivity index (χ3n) is 6.28. The van der Waals surface area contributed by atoms with E-state index in [9.17, 15) is 4.79 Å². The number of pyridine rings is 1.